The predicted molar refractivity (Wildman–Crippen MR) is 340 cm³/mol. The third kappa shape index (κ3) is 60.7. The van der Waals surface area contributed by atoms with Crippen LogP contribution in [0.3, 0.4) is 0 Å². The summed E-state index contributed by atoms with van der Waals surface area (Å²) in [6.45, 7) is 4.88. The summed E-state index contributed by atoms with van der Waals surface area (Å²) in [6.07, 6.45) is 47.1. The van der Waals surface area contributed by atoms with Crippen LogP contribution in [0.4, 0.5) is 0 Å². The minimum Gasteiger partial charge on any atom is -0.462 e. The largest absolute Gasteiger partial charge is 0.472 e. The molecule has 3 N–H and O–H groups in total. The van der Waals surface area contributed by atoms with Crippen molar-refractivity contribution in [1.29, 1.82) is 0 Å². The van der Waals surface area contributed by atoms with Crippen molar-refractivity contribution in [2.75, 3.05) is 39.6 Å². The standard InChI is InChI=1S/C66H128O17P2/c1-5-9-13-17-21-24-27-29-30-31-34-37-41-45-49-53-66(71)83-62(57-77-64(69)51-47-43-39-35-33-28-25-22-18-14-10-6-2)59-81-85(74,75)79-55-60(67)54-78-84(72,73)80-58-61(56-76-63(68)50-46-42-38-20-16-12-8-4)82-65(70)52-48-44-40-36-32-26-23-19-15-11-7-3/h60-62,67H,5-59H2,1-4H3,(H,72,73)(H,74,75)/t60-,61+,62+/m0/s1. The molecule has 0 bridgehead atoms. The van der Waals surface area contributed by atoms with Crippen LogP contribution in [0.1, 0.15) is 342 Å². The Kier molecular flexibility index (Phi) is 59.6. The topological polar surface area (TPSA) is 237 Å². The smallest absolute Gasteiger partial charge is 0.462 e. The van der Waals surface area contributed by atoms with Crippen LogP contribution < -0.4 is 0 Å². The van der Waals surface area contributed by atoms with Crippen molar-refractivity contribution in [3.63, 3.8) is 0 Å². The molecule has 5 atom stereocenters. The highest BCUT2D eigenvalue weighted by Gasteiger charge is 2.30. The molecule has 17 nitrogen and oxygen atoms in total. The molecule has 0 aromatic rings. The van der Waals surface area contributed by atoms with Gasteiger partial charge in [0.1, 0.15) is 19.3 Å². The quantitative estimate of drug-likeness (QED) is 0.0222. The van der Waals surface area contributed by atoms with E-state index < -0.39 is 97.5 Å². The van der Waals surface area contributed by atoms with Crippen molar-refractivity contribution in [3.8, 4) is 0 Å². The number of rotatable bonds is 67. The molecule has 504 valence electrons. The zero-order valence-corrected chi connectivity index (χ0v) is 56.4. The summed E-state index contributed by atoms with van der Waals surface area (Å²) in [4.78, 5) is 72.2. The van der Waals surface area contributed by atoms with E-state index in [9.17, 15) is 43.2 Å². The number of phosphoric ester groups is 2. The lowest BCUT2D eigenvalue weighted by molar-refractivity contribution is -0.161. The van der Waals surface area contributed by atoms with E-state index in [0.717, 1.165) is 103 Å². The van der Waals surface area contributed by atoms with E-state index >= 15 is 0 Å². The van der Waals surface area contributed by atoms with Crippen LogP contribution in [0.2, 0.25) is 0 Å². The van der Waals surface area contributed by atoms with Gasteiger partial charge in [0, 0.05) is 25.7 Å². The number of carbonyl (C=O) groups is 4. The van der Waals surface area contributed by atoms with Gasteiger partial charge in [-0.15, -0.1) is 0 Å². The second-order valence-corrected chi connectivity index (χ2v) is 26.8. The molecule has 0 spiro atoms. The van der Waals surface area contributed by atoms with Crippen molar-refractivity contribution >= 4 is 39.5 Å². The Balaban J connectivity index is 5.20. The Morgan fingerprint density at radius 3 is 0.694 bits per heavy atom. The van der Waals surface area contributed by atoms with E-state index in [1.807, 2.05) is 0 Å². The van der Waals surface area contributed by atoms with Gasteiger partial charge in [0.05, 0.1) is 26.4 Å². The summed E-state index contributed by atoms with van der Waals surface area (Å²) in [5, 5.41) is 10.5. The van der Waals surface area contributed by atoms with Crippen LogP contribution in [0.5, 0.6) is 0 Å². The summed E-state index contributed by atoms with van der Waals surface area (Å²) in [5.74, 6) is -2.13. The molecule has 0 aliphatic rings. The SMILES string of the molecule is CCCCCCCCCCCCCCCCCC(=O)O[C@H](COC(=O)CCCCCCCCCCCCCC)COP(=O)(O)OC[C@@H](O)COP(=O)(O)OC[C@@H](COC(=O)CCCCCCCCC)OC(=O)CCCCCCCCCCCCC. The molecule has 0 aromatic carbocycles. The highest BCUT2D eigenvalue weighted by molar-refractivity contribution is 7.47. The van der Waals surface area contributed by atoms with Crippen LogP contribution in [0, 0.1) is 0 Å². The molecule has 85 heavy (non-hydrogen) atoms. The van der Waals surface area contributed by atoms with Crippen LogP contribution in [0.25, 0.3) is 0 Å². The van der Waals surface area contributed by atoms with E-state index in [1.54, 1.807) is 0 Å². The van der Waals surface area contributed by atoms with Gasteiger partial charge in [-0.25, -0.2) is 9.13 Å². The average molecular weight is 1260 g/mol. The first-order chi connectivity index (χ1) is 41.2. The Labute approximate surface area is 517 Å². The van der Waals surface area contributed by atoms with Gasteiger partial charge in [0.15, 0.2) is 12.2 Å². The Morgan fingerprint density at radius 1 is 0.282 bits per heavy atom. The molecule has 0 aliphatic heterocycles. The van der Waals surface area contributed by atoms with E-state index in [1.165, 1.54) is 161 Å². The predicted octanol–water partition coefficient (Wildman–Crippen LogP) is 18.7. The molecule has 0 saturated heterocycles. The van der Waals surface area contributed by atoms with Crippen LogP contribution in [0.15, 0.2) is 0 Å². The minimum atomic E-state index is -4.94. The molecular weight excluding hydrogens is 1130 g/mol. The van der Waals surface area contributed by atoms with Crippen molar-refractivity contribution in [2.45, 2.75) is 361 Å². The zero-order valence-electron chi connectivity index (χ0n) is 54.6. The van der Waals surface area contributed by atoms with Crippen molar-refractivity contribution in [3.05, 3.63) is 0 Å². The number of esters is 4. The van der Waals surface area contributed by atoms with Crippen molar-refractivity contribution in [2.24, 2.45) is 0 Å². The lowest BCUT2D eigenvalue weighted by Gasteiger charge is -2.21. The Morgan fingerprint density at radius 2 is 0.471 bits per heavy atom. The molecular formula is C66H128O17P2. The van der Waals surface area contributed by atoms with Crippen LogP contribution >= 0.6 is 15.6 Å². The normalized spacial score (nSPS) is 14.1. The number of aliphatic hydroxyl groups is 1. The number of unbranched alkanes of at least 4 members (excludes halogenated alkanes) is 41. The molecule has 0 amide bonds. The third-order valence-electron chi connectivity index (χ3n) is 15.4. The lowest BCUT2D eigenvalue weighted by atomic mass is 10.0. The maximum atomic E-state index is 13.0. The van der Waals surface area contributed by atoms with Crippen molar-refractivity contribution < 1.29 is 80.2 Å². The average Bonchev–Trinajstić information content (AvgIpc) is 3.48. The first kappa shape index (κ1) is 83.1. The number of hydrogen-bond acceptors (Lipinski definition) is 15. The monoisotopic (exact) mass is 1250 g/mol. The van der Waals surface area contributed by atoms with Crippen LogP contribution in [-0.2, 0) is 65.4 Å². The van der Waals surface area contributed by atoms with Gasteiger partial charge in [-0.05, 0) is 25.7 Å². The second-order valence-electron chi connectivity index (χ2n) is 23.9. The number of carbonyl (C=O) groups excluding carboxylic acids is 4. The van der Waals surface area contributed by atoms with Gasteiger partial charge in [0.25, 0.3) is 0 Å². The summed E-state index contributed by atoms with van der Waals surface area (Å²) < 4.78 is 68.0. The molecule has 0 fully saturated rings. The van der Waals surface area contributed by atoms with E-state index in [0.29, 0.717) is 25.7 Å². The molecule has 2 unspecified atom stereocenters. The van der Waals surface area contributed by atoms with Gasteiger partial charge in [-0.2, -0.15) is 0 Å². The maximum absolute atomic E-state index is 13.0. The summed E-state index contributed by atoms with van der Waals surface area (Å²) in [6, 6.07) is 0. The van der Waals surface area contributed by atoms with Gasteiger partial charge in [-0.3, -0.25) is 37.3 Å². The van der Waals surface area contributed by atoms with Crippen molar-refractivity contribution in [1.82, 2.24) is 0 Å². The first-order valence-electron chi connectivity index (χ1n) is 34.8. The third-order valence-corrected chi connectivity index (χ3v) is 17.3. The van der Waals surface area contributed by atoms with Gasteiger partial charge >= 0.3 is 39.5 Å². The summed E-state index contributed by atoms with van der Waals surface area (Å²) in [5.41, 5.74) is 0. The Bertz CT molecular complexity index is 1640. The molecule has 19 heteroatoms. The fourth-order valence-corrected chi connectivity index (χ4v) is 11.6. The highest BCUT2D eigenvalue weighted by atomic mass is 31.2. The Hall–Kier alpha value is -1.94. The van der Waals surface area contributed by atoms with E-state index in [-0.39, 0.29) is 25.7 Å². The molecule has 0 rings (SSSR count). The highest BCUT2D eigenvalue weighted by Crippen LogP contribution is 2.45. The second kappa shape index (κ2) is 60.9. The van der Waals surface area contributed by atoms with Crippen LogP contribution in [-0.4, -0.2) is 96.7 Å². The zero-order chi connectivity index (χ0) is 62.6. The lowest BCUT2D eigenvalue weighted by Crippen LogP contribution is -2.30. The van der Waals surface area contributed by atoms with E-state index in [2.05, 4.69) is 27.7 Å². The molecule has 0 saturated carbocycles. The van der Waals surface area contributed by atoms with Gasteiger partial charge in [-0.1, -0.05) is 291 Å². The van der Waals surface area contributed by atoms with Gasteiger partial charge in [0.2, 0.25) is 0 Å². The number of hydrogen-bond donors (Lipinski definition) is 3. The molecule has 0 aromatic heterocycles. The minimum absolute atomic E-state index is 0.107. The number of phosphoric acid groups is 2. The fourth-order valence-electron chi connectivity index (χ4n) is 9.99. The maximum Gasteiger partial charge on any atom is 0.472 e. The summed E-state index contributed by atoms with van der Waals surface area (Å²) >= 11 is 0. The summed E-state index contributed by atoms with van der Waals surface area (Å²) in [7, 11) is -9.88. The molecule has 0 aliphatic carbocycles. The number of aliphatic hydroxyl groups excluding tert-OH is 1. The van der Waals surface area contributed by atoms with Gasteiger partial charge < -0.3 is 33.8 Å². The molecule has 0 radical (unpaired) electrons. The first-order valence-corrected chi connectivity index (χ1v) is 37.8. The van der Waals surface area contributed by atoms with E-state index in [4.69, 9.17) is 37.0 Å². The number of ether oxygens (including phenoxy) is 4. The molecule has 0 heterocycles. The fraction of sp³-hybridized carbons (Fsp3) is 0.939.